The number of nitrogens with one attached hydrogen (secondary N) is 2. The van der Waals surface area contributed by atoms with Crippen molar-refractivity contribution in [3.8, 4) is 0 Å². The van der Waals surface area contributed by atoms with Crippen LogP contribution in [0.1, 0.15) is 0 Å². The van der Waals surface area contributed by atoms with Crippen LogP contribution < -0.4 is 16.0 Å². The van der Waals surface area contributed by atoms with Gasteiger partial charge in [-0.2, -0.15) is 8.78 Å². The van der Waals surface area contributed by atoms with Crippen molar-refractivity contribution in [1.29, 1.82) is 0 Å². The van der Waals surface area contributed by atoms with Gasteiger partial charge in [0.05, 0.1) is 11.6 Å². The molecule has 0 aromatic carbocycles. The average molecular weight is 337 g/mol. The molecule has 114 valence electrons. The summed E-state index contributed by atoms with van der Waals surface area (Å²) in [5.41, 5.74) is 2.07. The molecule has 12 heteroatoms. The van der Waals surface area contributed by atoms with Gasteiger partial charge in [-0.25, -0.2) is 32.7 Å². The maximum Gasteiger partial charge on any atom is 0.320 e. The molecule has 0 spiro atoms. The largest absolute Gasteiger partial charge is 0.320 e. The van der Waals surface area contributed by atoms with Crippen LogP contribution in [0, 0.1) is 0 Å². The zero-order valence-electron chi connectivity index (χ0n) is 9.58. The molecule has 0 fully saturated rings. The Hall–Kier alpha value is -1.17. The second kappa shape index (κ2) is 6.08. The molecule has 6 nitrogen and oxygen atoms in total. The Balaban J connectivity index is 2.92. The average Bonchev–Trinajstić information content (AvgIpc) is 2.36. The molecule has 1 rings (SSSR count). The quantitative estimate of drug-likeness (QED) is 0.412. The van der Waals surface area contributed by atoms with Crippen LogP contribution in [0.5, 0.6) is 0 Å². The van der Waals surface area contributed by atoms with Gasteiger partial charge in [-0.15, -0.1) is 0 Å². The fourth-order valence-electron chi connectivity index (χ4n) is 1.03. The van der Waals surface area contributed by atoms with Crippen molar-refractivity contribution in [1.82, 2.24) is 9.71 Å². The van der Waals surface area contributed by atoms with Crippen molar-refractivity contribution in [3.05, 3.63) is 17.3 Å². The molecule has 0 saturated carbocycles. The zero-order chi connectivity index (χ0) is 15.6. The topological polar surface area (TPSA) is 97.1 Å². The molecule has 0 aliphatic rings. The summed E-state index contributed by atoms with van der Waals surface area (Å²) in [6, 6.07) is 0.882. The van der Waals surface area contributed by atoms with Crippen LogP contribution in [0.4, 0.5) is 23.4 Å². The van der Waals surface area contributed by atoms with Crippen LogP contribution in [0.2, 0.25) is 5.02 Å². The van der Waals surface area contributed by atoms with Gasteiger partial charge in [0.1, 0.15) is 4.90 Å². The molecule has 1 heterocycles. The fraction of sp³-hybridized carbons (Fsp3) is 0.375. The summed E-state index contributed by atoms with van der Waals surface area (Å²) in [4.78, 5) is 2.96. The summed E-state index contributed by atoms with van der Waals surface area (Å²) in [6.07, 6.45) is -3.21. The SMILES string of the molecule is NNc1ncc(S(=O)(=O)NCC(F)(F)C(F)F)cc1Cl. The third kappa shape index (κ3) is 3.91. The highest BCUT2D eigenvalue weighted by Gasteiger charge is 2.41. The second-order valence-electron chi connectivity index (χ2n) is 3.53. The lowest BCUT2D eigenvalue weighted by atomic mass is 10.4. The van der Waals surface area contributed by atoms with Gasteiger partial charge in [0.25, 0.3) is 0 Å². The molecule has 0 aliphatic heterocycles. The van der Waals surface area contributed by atoms with Crippen molar-refractivity contribution >= 4 is 27.4 Å². The molecule has 0 unspecified atom stereocenters. The summed E-state index contributed by atoms with van der Waals surface area (Å²) >= 11 is 5.61. The van der Waals surface area contributed by atoms with Gasteiger partial charge in [-0.05, 0) is 6.07 Å². The van der Waals surface area contributed by atoms with E-state index in [1.165, 1.54) is 4.72 Å². The van der Waals surface area contributed by atoms with E-state index in [0.717, 1.165) is 12.3 Å². The number of hydrogen-bond donors (Lipinski definition) is 3. The van der Waals surface area contributed by atoms with E-state index in [-0.39, 0.29) is 10.8 Å². The number of hydrazine groups is 1. The minimum absolute atomic E-state index is 0.0384. The molecule has 1 aromatic rings. The van der Waals surface area contributed by atoms with Crippen molar-refractivity contribution in [2.45, 2.75) is 17.2 Å². The van der Waals surface area contributed by atoms with Crippen LogP contribution in [-0.2, 0) is 10.0 Å². The molecular weight excluding hydrogens is 328 g/mol. The number of halogens is 5. The first-order valence-electron chi connectivity index (χ1n) is 4.88. The number of aromatic nitrogens is 1. The lowest BCUT2D eigenvalue weighted by Gasteiger charge is -2.16. The molecule has 20 heavy (non-hydrogen) atoms. The summed E-state index contributed by atoms with van der Waals surface area (Å²) in [7, 11) is -4.45. The van der Waals surface area contributed by atoms with E-state index in [2.05, 4.69) is 10.4 Å². The molecule has 0 saturated heterocycles. The molecule has 1 aromatic heterocycles. The number of sulfonamides is 1. The number of nitrogens with zero attached hydrogens (tertiary/aromatic N) is 1. The number of alkyl halides is 4. The first-order chi connectivity index (χ1) is 9.10. The first kappa shape index (κ1) is 16.9. The van der Waals surface area contributed by atoms with Crippen molar-refractivity contribution in [2.75, 3.05) is 12.0 Å². The predicted molar refractivity (Wildman–Crippen MR) is 63.2 cm³/mol. The Kier molecular flexibility index (Phi) is 5.13. The van der Waals surface area contributed by atoms with Crippen LogP contribution >= 0.6 is 11.6 Å². The normalized spacial score (nSPS) is 12.8. The van der Waals surface area contributed by atoms with Gasteiger partial charge in [0.2, 0.25) is 10.0 Å². The Bertz CT molecular complexity index is 584. The summed E-state index contributed by atoms with van der Waals surface area (Å²) < 4.78 is 73.7. The predicted octanol–water partition coefficient (Wildman–Crippen LogP) is 1.20. The molecule has 0 aliphatic carbocycles. The highest BCUT2D eigenvalue weighted by atomic mass is 35.5. The zero-order valence-corrected chi connectivity index (χ0v) is 11.2. The molecule has 0 bridgehead atoms. The van der Waals surface area contributed by atoms with Gasteiger partial charge in [0, 0.05) is 6.20 Å². The highest BCUT2D eigenvalue weighted by molar-refractivity contribution is 7.89. The summed E-state index contributed by atoms with van der Waals surface area (Å²) in [5.74, 6) is 0.493. The number of nitrogen functional groups attached to an aromatic ring is 1. The molecule has 0 atom stereocenters. The Labute approximate surface area is 116 Å². The van der Waals surface area contributed by atoms with Crippen molar-refractivity contribution < 1.29 is 26.0 Å². The molecule has 0 radical (unpaired) electrons. The number of rotatable bonds is 6. The molecule has 0 amide bonds. The van der Waals surface area contributed by atoms with Crippen LogP contribution in [-0.4, -0.2) is 32.3 Å². The third-order valence-corrected chi connectivity index (χ3v) is 3.74. The van der Waals surface area contributed by atoms with Gasteiger partial charge in [-0.1, -0.05) is 11.6 Å². The summed E-state index contributed by atoms with van der Waals surface area (Å²) in [6.45, 7) is -1.75. The van der Waals surface area contributed by atoms with Gasteiger partial charge in [-0.3, -0.25) is 0 Å². The molecule has 4 N–H and O–H groups in total. The van der Waals surface area contributed by atoms with E-state index in [0.29, 0.717) is 0 Å². The first-order valence-corrected chi connectivity index (χ1v) is 6.74. The smallest absolute Gasteiger partial charge is 0.307 e. The van der Waals surface area contributed by atoms with Crippen LogP contribution in [0.3, 0.4) is 0 Å². The Morgan fingerprint density at radius 3 is 2.50 bits per heavy atom. The van der Waals surface area contributed by atoms with E-state index >= 15 is 0 Å². The fourth-order valence-corrected chi connectivity index (χ4v) is 2.32. The maximum atomic E-state index is 12.6. The number of nitrogens with two attached hydrogens (primary N) is 1. The van der Waals surface area contributed by atoms with Crippen molar-refractivity contribution in [3.63, 3.8) is 0 Å². The van der Waals surface area contributed by atoms with Crippen LogP contribution in [0.25, 0.3) is 0 Å². The lowest BCUT2D eigenvalue weighted by molar-refractivity contribution is -0.122. The highest BCUT2D eigenvalue weighted by Crippen LogP contribution is 2.24. The summed E-state index contributed by atoms with van der Waals surface area (Å²) in [5, 5.41) is -0.184. The van der Waals surface area contributed by atoms with E-state index in [9.17, 15) is 26.0 Å². The monoisotopic (exact) mass is 336 g/mol. The standard InChI is InChI=1S/C8H9ClF4N4O2S/c9-5-1-4(2-15-6(5)17-14)20(18,19)16-3-8(12,13)7(10)11/h1-2,7,16H,3,14H2,(H,15,17). The van der Waals surface area contributed by atoms with Gasteiger partial charge in [0.15, 0.2) is 5.82 Å². The third-order valence-electron chi connectivity index (χ3n) is 2.08. The minimum atomic E-state index is -4.48. The Morgan fingerprint density at radius 1 is 1.45 bits per heavy atom. The van der Waals surface area contributed by atoms with Crippen LogP contribution in [0.15, 0.2) is 17.2 Å². The van der Waals surface area contributed by atoms with E-state index in [4.69, 9.17) is 17.4 Å². The van der Waals surface area contributed by atoms with Gasteiger partial charge < -0.3 is 5.43 Å². The second-order valence-corrected chi connectivity index (χ2v) is 5.71. The van der Waals surface area contributed by atoms with Gasteiger partial charge >= 0.3 is 12.3 Å². The maximum absolute atomic E-state index is 12.6. The Morgan fingerprint density at radius 2 is 2.05 bits per heavy atom. The minimum Gasteiger partial charge on any atom is -0.307 e. The number of hydrogen-bond acceptors (Lipinski definition) is 5. The lowest BCUT2D eigenvalue weighted by Crippen LogP contribution is -2.41. The van der Waals surface area contributed by atoms with E-state index < -0.39 is 33.8 Å². The van der Waals surface area contributed by atoms with E-state index in [1.54, 1.807) is 0 Å². The van der Waals surface area contributed by atoms with Crippen molar-refractivity contribution in [2.24, 2.45) is 5.84 Å². The van der Waals surface area contributed by atoms with E-state index in [1.807, 2.05) is 0 Å². The number of pyridine rings is 1. The molecular formula is C8H9ClF4N4O2S. The number of anilines is 1.